The SMILES string of the molecule is [2H]C#C[C@@]1(O)[C@@H](CO[Si](CC)(CC)CC)OC(n2ccc(N)nc2=O)[C@@H]1O. The third-order valence-corrected chi connectivity index (χ3v) is 9.96. The van der Waals surface area contributed by atoms with Gasteiger partial charge in [0.05, 0.1) is 6.61 Å². The highest BCUT2D eigenvalue weighted by Gasteiger charge is 2.56. The van der Waals surface area contributed by atoms with Crippen molar-refractivity contribution in [1.82, 2.24) is 9.55 Å². The Morgan fingerprint density at radius 3 is 2.73 bits per heavy atom. The van der Waals surface area contributed by atoms with Crippen molar-refractivity contribution in [1.29, 1.82) is 0 Å². The predicted molar refractivity (Wildman–Crippen MR) is 99.8 cm³/mol. The van der Waals surface area contributed by atoms with Crippen molar-refractivity contribution < 1.29 is 20.7 Å². The van der Waals surface area contributed by atoms with Crippen molar-refractivity contribution in [2.45, 2.75) is 62.9 Å². The van der Waals surface area contributed by atoms with Gasteiger partial charge in [-0.1, -0.05) is 26.7 Å². The van der Waals surface area contributed by atoms with Crippen molar-refractivity contribution >= 4 is 14.1 Å². The van der Waals surface area contributed by atoms with Gasteiger partial charge in [0.2, 0.25) is 0 Å². The summed E-state index contributed by atoms with van der Waals surface area (Å²) in [5.74, 6) is 2.35. The van der Waals surface area contributed by atoms with E-state index in [1.54, 1.807) is 0 Å². The fourth-order valence-corrected chi connectivity index (χ4v) is 5.84. The third-order valence-electron chi connectivity index (χ3n) is 5.32. The zero-order valence-electron chi connectivity index (χ0n) is 16.3. The number of terminal acetylenes is 1. The Kier molecular flexibility index (Phi) is 5.79. The lowest BCUT2D eigenvalue weighted by Gasteiger charge is -2.32. The minimum Gasteiger partial charge on any atom is -0.414 e. The summed E-state index contributed by atoms with van der Waals surface area (Å²) in [7, 11) is -1.98. The van der Waals surface area contributed by atoms with Crippen LogP contribution in [0.25, 0.3) is 0 Å². The molecule has 1 aromatic rings. The van der Waals surface area contributed by atoms with Crippen molar-refractivity contribution in [3.8, 4) is 12.3 Å². The molecule has 1 unspecified atom stereocenters. The third kappa shape index (κ3) is 3.56. The number of nitrogens with two attached hydrogens (primary N) is 1. The molecular formula is C17H27N3O5Si. The summed E-state index contributed by atoms with van der Waals surface area (Å²) in [6, 6.07) is 4.10. The molecule has 1 fully saturated rings. The Bertz CT molecular complexity index is 768. The lowest BCUT2D eigenvalue weighted by atomic mass is 9.93. The second-order valence-corrected chi connectivity index (χ2v) is 11.3. The van der Waals surface area contributed by atoms with E-state index < -0.39 is 38.0 Å². The monoisotopic (exact) mass is 382 g/mol. The summed E-state index contributed by atoms with van der Waals surface area (Å²) in [4.78, 5) is 15.7. The van der Waals surface area contributed by atoms with Crippen LogP contribution in [0.5, 0.6) is 0 Å². The number of ether oxygens (including phenoxy) is 1. The first-order valence-corrected chi connectivity index (χ1v) is 11.3. The molecule has 1 aromatic heterocycles. The van der Waals surface area contributed by atoms with E-state index in [1.165, 1.54) is 12.3 Å². The normalized spacial score (nSPS) is 29.1. The van der Waals surface area contributed by atoms with Gasteiger partial charge in [0, 0.05) is 6.20 Å². The number of aliphatic hydroxyl groups excluding tert-OH is 1. The Morgan fingerprint density at radius 1 is 1.54 bits per heavy atom. The summed E-state index contributed by atoms with van der Waals surface area (Å²) in [5.41, 5.74) is 2.73. The van der Waals surface area contributed by atoms with E-state index in [4.69, 9.17) is 16.3 Å². The number of hydrogen-bond acceptors (Lipinski definition) is 7. The molecule has 1 saturated heterocycles. The Balaban J connectivity index is 2.33. The molecule has 9 heteroatoms. The molecule has 0 spiro atoms. The molecule has 0 bridgehead atoms. The predicted octanol–water partition coefficient (Wildman–Crippen LogP) is 0.470. The van der Waals surface area contributed by atoms with Crippen molar-refractivity contribution in [2.75, 3.05) is 12.3 Å². The molecule has 0 aliphatic carbocycles. The van der Waals surface area contributed by atoms with Gasteiger partial charge in [-0.2, -0.15) is 4.98 Å². The molecule has 1 aliphatic rings. The van der Waals surface area contributed by atoms with Gasteiger partial charge in [0.15, 0.2) is 20.1 Å². The lowest BCUT2D eigenvalue weighted by Crippen LogP contribution is -2.50. The van der Waals surface area contributed by atoms with Crippen LogP contribution < -0.4 is 11.4 Å². The van der Waals surface area contributed by atoms with Gasteiger partial charge in [0.25, 0.3) is 0 Å². The topological polar surface area (TPSA) is 120 Å². The summed E-state index contributed by atoms with van der Waals surface area (Å²) in [6.07, 6.45) is -0.575. The van der Waals surface area contributed by atoms with Gasteiger partial charge >= 0.3 is 5.69 Å². The maximum atomic E-state index is 12.1. The van der Waals surface area contributed by atoms with Gasteiger partial charge in [-0.15, -0.1) is 6.40 Å². The average molecular weight is 383 g/mol. The van der Waals surface area contributed by atoms with Crippen LogP contribution in [0.2, 0.25) is 18.1 Å². The Morgan fingerprint density at radius 2 is 2.19 bits per heavy atom. The zero-order chi connectivity index (χ0) is 20.2. The number of anilines is 1. The van der Waals surface area contributed by atoms with Gasteiger partial charge < -0.3 is 25.1 Å². The van der Waals surface area contributed by atoms with E-state index in [9.17, 15) is 15.0 Å². The molecule has 0 aromatic carbocycles. The van der Waals surface area contributed by atoms with Crippen LogP contribution in [-0.2, 0) is 9.16 Å². The number of hydrogen-bond donors (Lipinski definition) is 3. The fourth-order valence-electron chi connectivity index (χ4n) is 3.22. The molecule has 0 amide bonds. The van der Waals surface area contributed by atoms with E-state index in [1.807, 2.05) is 6.40 Å². The largest absolute Gasteiger partial charge is 0.414 e. The smallest absolute Gasteiger partial charge is 0.351 e. The first kappa shape index (κ1) is 19.1. The molecule has 26 heavy (non-hydrogen) atoms. The standard InChI is InChI=1S/C17H27N3O5Si/c1-5-17(23)12(11-24-26(6-2,7-3)8-4)25-15(14(17)21)20-10-9-13(18)19-16(20)22/h1,9-10,12,14-15,21,23H,6-8,11H2,2-4H3,(H2,18,19,22)/t12-,14+,15?,17-/m1/s1/i1D. The molecule has 4 atom stereocenters. The van der Waals surface area contributed by atoms with E-state index >= 15 is 0 Å². The summed E-state index contributed by atoms with van der Waals surface area (Å²) < 4.78 is 20.1. The highest BCUT2D eigenvalue weighted by molar-refractivity contribution is 6.73. The molecule has 2 heterocycles. The first-order chi connectivity index (χ1) is 12.8. The van der Waals surface area contributed by atoms with Crippen LogP contribution in [0.1, 0.15) is 28.4 Å². The highest BCUT2D eigenvalue weighted by Crippen LogP contribution is 2.37. The minimum absolute atomic E-state index is 0.0115. The van der Waals surface area contributed by atoms with Gasteiger partial charge in [-0.3, -0.25) is 4.57 Å². The maximum absolute atomic E-state index is 12.1. The highest BCUT2D eigenvalue weighted by atomic mass is 28.4. The number of aliphatic hydroxyl groups is 2. The Hall–Kier alpha value is -1.70. The second-order valence-electron chi connectivity index (χ2n) is 6.51. The van der Waals surface area contributed by atoms with Gasteiger partial charge in [0.1, 0.15) is 19.4 Å². The van der Waals surface area contributed by atoms with Crippen LogP contribution in [0, 0.1) is 12.3 Å². The van der Waals surface area contributed by atoms with Crippen LogP contribution in [0.3, 0.4) is 0 Å². The quantitative estimate of drug-likeness (QED) is 0.463. The van der Waals surface area contributed by atoms with Crippen molar-refractivity contribution in [3.63, 3.8) is 0 Å². The second kappa shape index (κ2) is 7.90. The molecule has 2 rings (SSSR count). The van der Waals surface area contributed by atoms with E-state index in [2.05, 4.69) is 31.7 Å². The molecule has 0 saturated carbocycles. The summed E-state index contributed by atoms with van der Waals surface area (Å²) in [5, 5.41) is 21.6. The number of nitrogens with zero attached hydrogens (tertiary/aromatic N) is 2. The van der Waals surface area contributed by atoms with E-state index in [0.717, 1.165) is 22.7 Å². The van der Waals surface area contributed by atoms with Crippen LogP contribution in [-0.4, -0.2) is 52.5 Å². The Labute approximate surface area is 155 Å². The number of aromatic nitrogens is 2. The van der Waals surface area contributed by atoms with Crippen LogP contribution >= 0.6 is 0 Å². The van der Waals surface area contributed by atoms with Crippen LogP contribution in [0.15, 0.2) is 17.1 Å². The summed E-state index contributed by atoms with van der Waals surface area (Å²) in [6.45, 7) is 6.23. The molecular weight excluding hydrogens is 354 g/mol. The van der Waals surface area contributed by atoms with Gasteiger partial charge in [-0.25, -0.2) is 4.79 Å². The number of rotatable bonds is 7. The molecule has 4 N–H and O–H groups in total. The minimum atomic E-state index is -2.04. The summed E-state index contributed by atoms with van der Waals surface area (Å²) >= 11 is 0. The number of nitrogen functional groups attached to an aromatic ring is 1. The molecule has 8 nitrogen and oxygen atoms in total. The van der Waals surface area contributed by atoms with Crippen LogP contribution in [0.4, 0.5) is 5.82 Å². The average Bonchev–Trinajstić information content (AvgIpc) is 2.89. The van der Waals surface area contributed by atoms with E-state index in [-0.39, 0.29) is 12.4 Å². The maximum Gasteiger partial charge on any atom is 0.351 e. The molecule has 144 valence electrons. The first-order valence-electron chi connectivity index (χ1n) is 9.25. The zero-order valence-corrected chi connectivity index (χ0v) is 16.3. The van der Waals surface area contributed by atoms with Gasteiger partial charge in [-0.05, 0) is 24.2 Å². The lowest BCUT2D eigenvalue weighted by molar-refractivity contribution is -0.0594. The van der Waals surface area contributed by atoms with Crippen molar-refractivity contribution in [3.05, 3.63) is 22.7 Å². The van der Waals surface area contributed by atoms with Crippen molar-refractivity contribution in [2.24, 2.45) is 0 Å². The molecule has 1 aliphatic heterocycles. The van der Waals surface area contributed by atoms with E-state index in [0.29, 0.717) is 0 Å². The fraction of sp³-hybridized carbons (Fsp3) is 0.647. The molecule has 0 radical (unpaired) electrons.